The summed E-state index contributed by atoms with van der Waals surface area (Å²) in [5.74, 6) is 1.71. The fraction of sp³-hybridized carbons (Fsp3) is 0.882. The van der Waals surface area contributed by atoms with Gasteiger partial charge in [-0.3, -0.25) is 4.68 Å². The first-order chi connectivity index (χ1) is 10.3. The molecule has 0 bridgehead atoms. The summed E-state index contributed by atoms with van der Waals surface area (Å²) in [7, 11) is 2.01. The molecule has 0 aliphatic heterocycles. The van der Waals surface area contributed by atoms with Gasteiger partial charge in [0.2, 0.25) is 0 Å². The predicted molar refractivity (Wildman–Crippen MR) is 87.0 cm³/mol. The average Bonchev–Trinajstić information content (AvgIpc) is 2.93. The third-order valence-corrected chi connectivity index (χ3v) is 5.01. The Morgan fingerprint density at radius 1 is 1.24 bits per heavy atom. The lowest BCUT2D eigenvalue weighted by molar-refractivity contribution is 0.208. The third-order valence-electron chi connectivity index (χ3n) is 5.01. The van der Waals surface area contributed by atoms with Crippen molar-refractivity contribution in [2.24, 2.45) is 18.9 Å². The first-order valence-electron chi connectivity index (χ1n) is 8.84. The maximum Gasteiger partial charge on any atom is 0.0756 e. The van der Waals surface area contributed by atoms with E-state index in [1.54, 1.807) is 0 Å². The highest BCUT2D eigenvalue weighted by Gasteiger charge is 2.29. The van der Waals surface area contributed by atoms with E-state index in [1.807, 2.05) is 17.9 Å². The highest BCUT2D eigenvalue weighted by Crippen LogP contribution is 2.38. The summed E-state index contributed by atoms with van der Waals surface area (Å²) in [4.78, 5) is 0. The summed E-state index contributed by atoms with van der Waals surface area (Å²) in [6.07, 6.45) is 12.8. The summed E-state index contributed by atoms with van der Waals surface area (Å²) in [6.45, 7) is 5.60. The van der Waals surface area contributed by atoms with E-state index in [2.05, 4.69) is 29.5 Å². The molecule has 0 aromatic carbocycles. The van der Waals surface area contributed by atoms with Crippen molar-refractivity contribution in [3.63, 3.8) is 0 Å². The third kappa shape index (κ3) is 4.53. The second kappa shape index (κ2) is 8.52. The van der Waals surface area contributed by atoms with Crippen LogP contribution in [0.4, 0.5) is 0 Å². The van der Waals surface area contributed by atoms with E-state index in [0.717, 1.165) is 18.4 Å². The summed E-state index contributed by atoms with van der Waals surface area (Å²) in [5, 5.41) is 11.9. The van der Waals surface area contributed by atoms with Gasteiger partial charge in [0.15, 0.2) is 0 Å². The summed E-state index contributed by atoms with van der Waals surface area (Å²) in [6, 6.07) is 0.428. The van der Waals surface area contributed by atoms with Crippen LogP contribution in [0.15, 0.2) is 6.20 Å². The molecule has 1 aliphatic rings. The quantitative estimate of drug-likeness (QED) is 0.791. The van der Waals surface area contributed by atoms with Crippen molar-refractivity contribution in [3.8, 4) is 0 Å². The standard InChI is InChI=1S/C17H32N4/c1-4-6-7-14-8-10-15(11-9-14)17(18-12-5-2)16-13-19-20-21(16)3/h13-15,17-18H,4-12H2,1-3H3. The molecule has 1 aromatic heterocycles. The normalized spacial score (nSPS) is 24.1. The minimum absolute atomic E-state index is 0.428. The van der Waals surface area contributed by atoms with Gasteiger partial charge >= 0.3 is 0 Å². The fourth-order valence-corrected chi connectivity index (χ4v) is 3.69. The van der Waals surface area contributed by atoms with Crippen molar-refractivity contribution in [1.29, 1.82) is 0 Å². The maximum absolute atomic E-state index is 4.12. The molecule has 1 aromatic rings. The smallest absolute Gasteiger partial charge is 0.0756 e. The zero-order valence-corrected chi connectivity index (χ0v) is 14.0. The molecule has 0 saturated heterocycles. The molecule has 4 nitrogen and oxygen atoms in total. The lowest BCUT2D eigenvalue weighted by atomic mass is 9.76. The molecule has 1 saturated carbocycles. The Labute approximate surface area is 129 Å². The molecule has 1 atom stereocenters. The highest BCUT2D eigenvalue weighted by molar-refractivity contribution is 5.04. The lowest BCUT2D eigenvalue weighted by Crippen LogP contribution is -2.33. The molecule has 1 fully saturated rings. The van der Waals surface area contributed by atoms with Crippen LogP contribution in [-0.2, 0) is 7.05 Å². The minimum Gasteiger partial charge on any atom is -0.308 e. The molecule has 0 amide bonds. The molecule has 4 heteroatoms. The van der Waals surface area contributed by atoms with E-state index >= 15 is 0 Å². The predicted octanol–water partition coefficient (Wildman–Crippen LogP) is 3.85. The van der Waals surface area contributed by atoms with Gasteiger partial charge in [-0.05, 0) is 37.6 Å². The van der Waals surface area contributed by atoms with E-state index in [-0.39, 0.29) is 0 Å². The SMILES string of the molecule is CCCCC1CCC(C(NCCC)c2cnnn2C)CC1. The van der Waals surface area contributed by atoms with E-state index in [1.165, 1.54) is 57.1 Å². The molecular weight excluding hydrogens is 260 g/mol. The molecule has 1 unspecified atom stereocenters. The Kier molecular flexibility index (Phi) is 6.68. The van der Waals surface area contributed by atoms with Crippen LogP contribution in [0.25, 0.3) is 0 Å². The fourth-order valence-electron chi connectivity index (χ4n) is 3.69. The van der Waals surface area contributed by atoms with E-state index < -0.39 is 0 Å². The van der Waals surface area contributed by atoms with Crippen molar-refractivity contribution < 1.29 is 0 Å². The van der Waals surface area contributed by atoms with Gasteiger partial charge < -0.3 is 5.32 Å². The molecule has 21 heavy (non-hydrogen) atoms. The van der Waals surface area contributed by atoms with Gasteiger partial charge in [-0.15, -0.1) is 5.10 Å². The average molecular weight is 292 g/mol. The zero-order valence-electron chi connectivity index (χ0n) is 14.0. The number of rotatable bonds is 8. The van der Waals surface area contributed by atoms with Crippen LogP contribution in [0.3, 0.4) is 0 Å². The largest absolute Gasteiger partial charge is 0.308 e. The summed E-state index contributed by atoms with van der Waals surface area (Å²) in [5.41, 5.74) is 1.25. The van der Waals surface area contributed by atoms with E-state index in [0.29, 0.717) is 6.04 Å². The molecule has 120 valence electrons. The number of nitrogens with one attached hydrogen (secondary N) is 1. The van der Waals surface area contributed by atoms with Crippen molar-refractivity contribution in [1.82, 2.24) is 20.3 Å². The number of hydrogen-bond acceptors (Lipinski definition) is 3. The van der Waals surface area contributed by atoms with Gasteiger partial charge in [0.25, 0.3) is 0 Å². The Hall–Kier alpha value is -0.900. The maximum atomic E-state index is 4.12. The van der Waals surface area contributed by atoms with Crippen LogP contribution < -0.4 is 5.32 Å². The second-order valence-corrected chi connectivity index (χ2v) is 6.64. The molecule has 1 heterocycles. The van der Waals surface area contributed by atoms with Crippen molar-refractivity contribution in [2.45, 2.75) is 71.3 Å². The van der Waals surface area contributed by atoms with Crippen molar-refractivity contribution >= 4 is 0 Å². The van der Waals surface area contributed by atoms with Crippen LogP contribution in [-0.4, -0.2) is 21.5 Å². The molecule has 1 aliphatic carbocycles. The molecule has 1 N–H and O–H groups in total. The Morgan fingerprint density at radius 2 is 2.00 bits per heavy atom. The molecular formula is C17H32N4. The van der Waals surface area contributed by atoms with Crippen molar-refractivity contribution in [2.75, 3.05) is 6.54 Å². The second-order valence-electron chi connectivity index (χ2n) is 6.64. The van der Waals surface area contributed by atoms with Gasteiger partial charge in [-0.2, -0.15) is 0 Å². The Bertz CT molecular complexity index is 393. The number of aromatic nitrogens is 3. The van der Waals surface area contributed by atoms with Crippen LogP contribution in [0.5, 0.6) is 0 Å². The first kappa shape index (κ1) is 16.5. The monoisotopic (exact) mass is 292 g/mol. The van der Waals surface area contributed by atoms with Gasteiger partial charge in [0.05, 0.1) is 17.9 Å². The lowest BCUT2D eigenvalue weighted by Gasteiger charge is -2.34. The highest BCUT2D eigenvalue weighted by atomic mass is 15.4. The van der Waals surface area contributed by atoms with Gasteiger partial charge in [-0.1, -0.05) is 51.2 Å². The summed E-state index contributed by atoms with van der Waals surface area (Å²) >= 11 is 0. The summed E-state index contributed by atoms with van der Waals surface area (Å²) < 4.78 is 1.94. The van der Waals surface area contributed by atoms with Crippen LogP contribution in [0.1, 0.15) is 76.9 Å². The Balaban J connectivity index is 1.94. The van der Waals surface area contributed by atoms with Gasteiger partial charge in [0.1, 0.15) is 0 Å². The van der Waals surface area contributed by atoms with Gasteiger partial charge in [0, 0.05) is 7.05 Å². The van der Waals surface area contributed by atoms with Crippen LogP contribution >= 0.6 is 0 Å². The van der Waals surface area contributed by atoms with E-state index in [4.69, 9.17) is 0 Å². The first-order valence-corrected chi connectivity index (χ1v) is 8.84. The zero-order chi connectivity index (χ0) is 15.1. The van der Waals surface area contributed by atoms with Crippen LogP contribution in [0, 0.1) is 11.8 Å². The number of unbranched alkanes of at least 4 members (excludes halogenated alkanes) is 1. The molecule has 0 spiro atoms. The number of nitrogens with zero attached hydrogens (tertiary/aromatic N) is 3. The van der Waals surface area contributed by atoms with Crippen molar-refractivity contribution in [3.05, 3.63) is 11.9 Å². The molecule has 0 radical (unpaired) electrons. The minimum atomic E-state index is 0.428. The number of hydrogen-bond donors (Lipinski definition) is 1. The van der Waals surface area contributed by atoms with Gasteiger partial charge in [-0.25, -0.2) is 0 Å². The van der Waals surface area contributed by atoms with E-state index in [9.17, 15) is 0 Å². The number of aryl methyl sites for hydroxylation is 1. The topological polar surface area (TPSA) is 42.7 Å². The van der Waals surface area contributed by atoms with Crippen LogP contribution in [0.2, 0.25) is 0 Å². The Morgan fingerprint density at radius 3 is 2.57 bits per heavy atom. The molecule has 2 rings (SSSR count).